The van der Waals surface area contributed by atoms with Crippen molar-refractivity contribution in [3.05, 3.63) is 82.3 Å². The Morgan fingerprint density at radius 3 is 2.36 bits per heavy atom. The average Bonchev–Trinajstić information content (AvgIpc) is 3.33. The molecule has 0 bridgehead atoms. The van der Waals surface area contributed by atoms with Crippen molar-refractivity contribution >= 4 is 46.4 Å². The number of methoxy groups -OCH3 is 1. The van der Waals surface area contributed by atoms with Gasteiger partial charge in [-0.05, 0) is 48.0 Å². The van der Waals surface area contributed by atoms with Gasteiger partial charge in [0, 0.05) is 0 Å². The van der Waals surface area contributed by atoms with E-state index in [0.29, 0.717) is 22.0 Å². The fourth-order valence-electron chi connectivity index (χ4n) is 4.31. The van der Waals surface area contributed by atoms with Gasteiger partial charge in [-0.2, -0.15) is 0 Å². The highest BCUT2D eigenvalue weighted by atomic mass is 35.5. The van der Waals surface area contributed by atoms with Crippen molar-refractivity contribution in [3.8, 4) is 11.5 Å². The number of nitrogens with zero attached hydrogens (tertiary/aromatic N) is 2. The summed E-state index contributed by atoms with van der Waals surface area (Å²) in [7, 11) is 1.44. The van der Waals surface area contributed by atoms with E-state index in [-0.39, 0.29) is 16.5 Å². The van der Waals surface area contributed by atoms with E-state index >= 15 is 0 Å². The minimum atomic E-state index is -1.03. The Morgan fingerprint density at radius 1 is 0.909 bits per heavy atom. The molecule has 0 spiro atoms. The third-order valence-corrected chi connectivity index (χ3v) is 6.57. The SMILES string of the molecule is COc1cc([C@H]2[C@H]3C(=O)N(c4ccc(Cl)c(Cl)c4)C(=O)[C@@H]3ON2c2ccccc2)ccc1O. The topological polar surface area (TPSA) is 79.3 Å². The molecule has 0 saturated carbocycles. The van der Waals surface area contributed by atoms with Crippen LogP contribution in [0.5, 0.6) is 11.5 Å². The molecule has 5 rings (SSSR count). The number of benzene rings is 3. The Labute approximate surface area is 199 Å². The Morgan fingerprint density at radius 2 is 1.67 bits per heavy atom. The van der Waals surface area contributed by atoms with Gasteiger partial charge < -0.3 is 9.84 Å². The first-order valence-electron chi connectivity index (χ1n) is 10.1. The summed E-state index contributed by atoms with van der Waals surface area (Å²) in [4.78, 5) is 34.1. The van der Waals surface area contributed by atoms with Crippen LogP contribution >= 0.6 is 23.2 Å². The van der Waals surface area contributed by atoms with Crippen LogP contribution in [0.25, 0.3) is 0 Å². The van der Waals surface area contributed by atoms with Gasteiger partial charge >= 0.3 is 0 Å². The second-order valence-electron chi connectivity index (χ2n) is 7.70. The summed E-state index contributed by atoms with van der Waals surface area (Å²) >= 11 is 12.1. The van der Waals surface area contributed by atoms with Gasteiger partial charge in [0.2, 0.25) is 5.91 Å². The number of carbonyl (C=O) groups is 2. The third kappa shape index (κ3) is 3.49. The molecule has 9 heteroatoms. The highest BCUT2D eigenvalue weighted by Crippen LogP contribution is 2.48. The lowest BCUT2D eigenvalue weighted by Gasteiger charge is -2.29. The highest BCUT2D eigenvalue weighted by Gasteiger charge is 2.60. The van der Waals surface area contributed by atoms with Crippen molar-refractivity contribution in [3.63, 3.8) is 0 Å². The molecule has 2 fully saturated rings. The number of hydrogen-bond acceptors (Lipinski definition) is 6. The second-order valence-corrected chi connectivity index (χ2v) is 8.51. The number of fused-ring (bicyclic) bond motifs is 1. The summed E-state index contributed by atoms with van der Waals surface area (Å²) in [5, 5.41) is 12.2. The maximum absolute atomic E-state index is 13.6. The Bertz CT molecular complexity index is 1250. The van der Waals surface area contributed by atoms with E-state index in [9.17, 15) is 14.7 Å². The summed E-state index contributed by atoms with van der Waals surface area (Å²) in [6.07, 6.45) is -1.03. The van der Waals surface area contributed by atoms with Gasteiger partial charge in [-0.15, -0.1) is 0 Å². The summed E-state index contributed by atoms with van der Waals surface area (Å²) in [6.45, 7) is 0. The van der Waals surface area contributed by atoms with Crippen molar-refractivity contribution < 1.29 is 24.3 Å². The predicted molar refractivity (Wildman–Crippen MR) is 124 cm³/mol. The second kappa shape index (κ2) is 8.26. The number of hydrogen-bond donors (Lipinski definition) is 1. The Hall–Kier alpha value is -3.26. The first-order chi connectivity index (χ1) is 15.9. The molecule has 2 amide bonds. The lowest BCUT2D eigenvalue weighted by atomic mass is 9.90. The first kappa shape index (κ1) is 21.6. The number of aromatic hydroxyl groups is 1. The van der Waals surface area contributed by atoms with Gasteiger partial charge in [0.05, 0.1) is 34.6 Å². The normalized spacial score (nSPS) is 22.1. The summed E-state index contributed by atoms with van der Waals surface area (Å²) in [5.74, 6) is -1.52. The standard InChI is InChI=1S/C24H18Cl2N2O5/c1-32-19-11-13(7-10-18(19)29)21-20-22(33-28(21)14-5-3-2-4-6-14)24(31)27(23(20)30)15-8-9-16(25)17(26)12-15/h2-12,20-22,29H,1H3/t20-,21+,22-/m1/s1. The fourth-order valence-corrected chi connectivity index (χ4v) is 4.60. The van der Waals surface area contributed by atoms with Gasteiger partial charge in [0.15, 0.2) is 17.6 Å². The fraction of sp³-hybridized carbons (Fsp3) is 0.167. The van der Waals surface area contributed by atoms with E-state index in [1.807, 2.05) is 30.3 Å². The Kier molecular flexibility index (Phi) is 5.40. The largest absolute Gasteiger partial charge is 0.504 e. The molecule has 0 unspecified atom stereocenters. The zero-order chi connectivity index (χ0) is 23.3. The van der Waals surface area contributed by atoms with E-state index < -0.39 is 29.9 Å². The van der Waals surface area contributed by atoms with Crippen molar-refractivity contribution in [2.45, 2.75) is 12.1 Å². The van der Waals surface area contributed by atoms with Crippen LogP contribution in [0.1, 0.15) is 11.6 Å². The van der Waals surface area contributed by atoms with Crippen LogP contribution < -0.4 is 14.7 Å². The summed E-state index contributed by atoms with van der Waals surface area (Å²) in [5.41, 5.74) is 1.66. The zero-order valence-electron chi connectivity index (χ0n) is 17.3. The van der Waals surface area contributed by atoms with Crippen LogP contribution in [-0.2, 0) is 14.4 Å². The highest BCUT2D eigenvalue weighted by molar-refractivity contribution is 6.42. The molecular formula is C24H18Cl2N2O5. The number of phenolic OH excluding ortho intramolecular Hbond substituents is 1. The monoisotopic (exact) mass is 484 g/mol. The minimum Gasteiger partial charge on any atom is -0.504 e. The number of halogens is 2. The number of para-hydroxylation sites is 1. The van der Waals surface area contributed by atoms with Crippen LogP contribution in [0.4, 0.5) is 11.4 Å². The van der Waals surface area contributed by atoms with Crippen molar-refractivity contribution in [2.24, 2.45) is 5.92 Å². The molecular weight excluding hydrogens is 467 g/mol. The van der Waals surface area contributed by atoms with Crippen LogP contribution in [0.2, 0.25) is 10.0 Å². The summed E-state index contributed by atoms with van der Waals surface area (Å²) in [6, 6.07) is 18.0. The molecule has 168 valence electrons. The molecule has 2 saturated heterocycles. The molecule has 33 heavy (non-hydrogen) atoms. The number of hydroxylamine groups is 1. The van der Waals surface area contributed by atoms with Gasteiger partial charge in [-0.25, -0.2) is 9.96 Å². The molecule has 7 nitrogen and oxygen atoms in total. The molecule has 3 aromatic rings. The number of amides is 2. The van der Waals surface area contributed by atoms with E-state index in [0.717, 1.165) is 4.90 Å². The molecule has 3 atom stereocenters. The number of anilines is 2. The van der Waals surface area contributed by atoms with Gasteiger partial charge in [-0.3, -0.25) is 14.4 Å². The third-order valence-electron chi connectivity index (χ3n) is 5.83. The lowest BCUT2D eigenvalue weighted by Crippen LogP contribution is -2.37. The minimum absolute atomic E-state index is 0.0331. The molecule has 0 aromatic heterocycles. The van der Waals surface area contributed by atoms with E-state index in [2.05, 4.69) is 0 Å². The van der Waals surface area contributed by atoms with Crippen molar-refractivity contribution in [1.82, 2.24) is 0 Å². The zero-order valence-corrected chi connectivity index (χ0v) is 18.8. The smallest absolute Gasteiger partial charge is 0.266 e. The first-order valence-corrected chi connectivity index (χ1v) is 10.9. The maximum atomic E-state index is 13.6. The number of rotatable bonds is 4. The van der Waals surface area contributed by atoms with Gasteiger partial charge in [-0.1, -0.05) is 47.5 Å². The van der Waals surface area contributed by atoms with E-state index in [1.165, 1.54) is 25.3 Å². The van der Waals surface area contributed by atoms with Gasteiger partial charge in [0.1, 0.15) is 5.92 Å². The predicted octanol–water partition coefficient (Wildman–Crippen LogP) is 4.76. The number of carbonyl (C=O) groups excluding carboxylic acids is 2. The van der Waals surface area contributed by atoms with Crippen molar-refractivity contribution in [1.29, 1.82) is 0 Å². The quantitative estimate of drug-likeness (QED) is 0.537. The molecule has 2 aliphatic rings. The summed E-state index contributed by atoms with van der Waals surface area (Å²) < 4.78 is 5.26. The van der Waals surface area contributed by atoms with E-state index in [1.54, 1.807) is 23.3 Å². The lowest BCUT2D eigenvalue weighted by molar-refractivity contribution is -0.126. The number of imide groups is 1. The van der Waals surface area contributed by atoms with E-state index in [4.69, 9.17) is 32.8 Å². The van der Waals surface area contributed by atoms with Crippen LogP contribution in [0.3, 0.4) is 0 Å². The molecule has 0 radical (unpaired) electrons. The molecule has 1 N–H and O–H groups in total. The van der Waals surface area contributed by atoms with Crippen LogP contribution in [-0.4, -0.2) is 30.1 Å². The average molecular weight is 485 g/mol. The van der Waals surface area contributed by atoms with Crippen LogP contribution in [0.15, 0.2) is 66.7 Å². The number of phenols is 1. The molecule has 2 aliphatic heterocycles. The molecule has 2 heterocycles. The van der Waals surface area contributed by atoms with Crippen LogP contribution in [0, 0.1) is 5.92 Å². The van der Waals surface area contributed by atoms with Crippen molar-refractivity contribution in [2.75, 3.05) is 17.1 Å². The molecule has 3 aromatic carbocycles. The molecule has 0 aliphatic carbocycles. The number of ether oxygens (including phenoxy) is 1. The maximum Gasteiger partial charge on any atom is 0.266 e. The Balaban J connectivity index is 1.60. The van der Waals surface area contributed by atoms with Gasteiger partial charge in [0.25, 0.3) is 5.91 Å².